The Balaban J connectivity index is 0. The van der Waals surface area contributed by atoms with Crippen molar-refractivity contribution in [1.29, 1.82) is 0 Å². The van der Waals surface area contributed by atoms with Crippen LogP contribution in [0.3, 0.4) is 0 Å². The molecule has 0 aromatic carbocycles. The Morgan fingerprint density at radius 2 is 1.73 bits per heavy atom. The summed E-state index contributed by atoms with van der Waals surface area (Å²) in [5.41, 5.74) is 5.11. The molecule has 11 heavy (non-hydrogen) atoms. The van der Waals surface area contributed by atoms with Crippen LogP contribution in [0.5, 0.6) is 0 Å². The summed E-state index contributed by atoms with van der Waals surface area (Å²) in [5, 5.41) is 0. The van der Waals surface area contributed by atoms with Crippen LogP contribution in [0.25, 0.3) is 0 Å². The Hall–Kier alpha value is -0.530. The van der Waals surface area contributed by atoms with Crippen LogP contribution in [0.2, 0.25) is 0 Å². The van der Waals surface area contributed by atoms with Crippen LogP contribution in [-0.4, -0.2) is 5.91 Å². The van der Waals surface area contributed by atoms with E-state index in [9.17, 15) is 4.79 Å². The molecule has 0 radical (unpaired) electrons. The smallest absolute Gasteiger partial charge is 0.220 e. The van der Waals surface area contributed by atoms with Gasteiger partial charge in [0.1, 0.15) is 0 Å². The van der Waals surface area contributed by atoms with Gasteiger partial charge in [0.2, 0.25) is 5.91 Å². The van der Waals surface area contributed by atoms with Gasteiger partial charge in [0.25, 0.3) is 0 Å². The Labute approximate surface area is 70.2 Å². The maximum absolute atomic E-state index is 10.6. The van der Waals surface area contributed by atoms with Gasteiger partial charge < -0.3 is 5.73 Å². The average Bonchev–Trinajstić information content (AvgIpc) is 1.91. The molecule has 68 valence electrons. The second-order valence-corrected chi connectivity index (χ2v) is 2.66. The third-order valence-corrected chi connectivity index (χ3v) is 1.61. The minimum atomic E-state index is -0.174. The van der Waals surface area contributed by atoms with E-state index >= 15 is 0 Å². The number of carbonyl (C=O) groups is 1. The van der Waals surface area contributed by atoms with E-state index in [0.29, 0.717) is 5.92 Å². The van der Waals surface area contributed by atoms with Crippen molar-refractivity contribution in [2.75, 3.05) is 0 Å². The summed E-state index contributed by atoms with van der Waals surface area (Å²) in [6.45, 7) is 10.0. The summed E-state index contributed by atoms with van der Waals surface area (Å²) in [6.07, 6.45) is 0.854. The first-order valence-corrected chi connectivity index (χ1v) is 4.38. The Morgan fingerprint density at radius 3 is 1.73 bits per heavy atom. The molecule has 2 nitrogen and oxygen atoms in total. The molecular weight excluding hydrogens is 138 g/mol. The number of amides is 1. The molecule has 0 aliphatic heterocycles. The normalized spacial score (nSPS) is 11.8. The zero-order valence-electron chi connectivity index (χ0n) is 8.35. The molecule has 2 N–H and O–H groups in total. The molecule has 2 heteroatoms. The number of nitrogens with two attached hydrogens (primary N) is 1. The van der Waals surface area contributed by atoms with Crippen LogP contribution in [0.15, 0.2) is 0 Å². The zero-order valence-corrected chi connectivity index (χ0v) is 8.35. The summed E-state index contributed by atoms with van der Waals surface area (Å²) < 4.78 is 0. The molecular formula is C9H21NO. The van der Waals surface area contributed by atoms with Gasteiger partial charge in [0, 0.05) is 5.92 Å². The quantitative estimate of drug-likeness (QED) is 0.674. The summed E-state index contributed by atoms with van der Waals surface area (Å²) in [4.78, 5) is 10.6. The molecule has 0 rings (SSSR count). The maximum atomic E-state index is 10.6. The highest BCUT2D eigenvalue weighted by Crippen LogP contribution is 2.12. The minimum absolute atomic E-state index is 0.0602. The fourth-order valence-corrected chi connectivity index (χ4v) is 1.00. The van der Waals surface area contributed by atoms with Gasteiger partial charge in [0.05, 0.1) is 0 Å². The van der Waals surface area contributed by atoms with E-state index in [1.54, 1.807) is 0 Å². The first-order valence-electron chi connectivity index (χ1n) is 4.38. The summed E-state index contributed by atoms with van der Waals surface area (Å²) in [6, 6.07) is 0. The van der Waals surface area contributed by atoms with E-state index in [-0.39, 0.29) is 11.8 Å². The van der Waals surface area contributed by atoms with Gasteiger partial charge in [0.15, 0.2) is 0 Å². The standard InChI is InChI=1S/C7H15NO.C2H6/c1-4-6(5(2)3)7(8)9;1-2/h5-6H,4H2,1-3H3,(H2,8,9);1-2H3. The molecule has 0 aromatic rings. The predicted molar refractivity (Wildman–Crippen MR) is 49.2 cm³/mol. The molecule has 0 aliphatic rings. The Bertz CT molecular complexity index is 99.7. The van der Waals surface area contributed by atoms with Crippen LogP contribution in [-0.2, 0) is 4.79 Å². The van der Waals surface area contributed by atoms with Crippen LogP contribution >= 0.6 is 0 Å². The van der Waals surface area contributed by atoms with Crippen molar-refractivity contribution in [3.63, 3.8) is 0 Å². The fraction of sp³-hybridized carbons (Fsp3) is 0.889. The van der Waals surface area contributed by atoms with Gasteiger partial charge in [-0.2, -0.15) is 0 Å². The Morgan fingerprint density at radius 1 is 1.36 bits per heavy atom. The van der Waals surface area contributed by atoms with Crippen molar-refractivity contribution in [3.05, 3.63) is 0 Å². The minimum Gasteiger partial charge on any atom is -0.369 e. The van der Waals surface area contributed by atoms with Crippen LogP contribution in [0.4, 0.5) is 0 Å². The van der Waals surface area contributed by atoms with Gasteiger partial charge in [-0.3, -0.25) is 4.79 Å². The molecule has 0 fully saturated rings. The van der Waals surface area contributed by atoms with E-state index < -0.39 is 0 Å². The van der Waals surface area contributed by atoms with E-state index in [4.69, 9.17) is 5.73 Å². The maximum Gasteiger partial charge on any atom is 0.220 e. The molecule has 1 unspecified atom stereocenters. The first-order chi connectivity index (χ1) is 5.09. The molecule has 0 bridgehead atoms. The highest BCUT2D eigenvalue weighted by molar-refractivity contribution is 5.76. The second-order valence-electron chi connectivity index (χ2n) is 2.66. The number of hydrogen-bond acceptors (Lipinski definition) is 1. The molecule has 0 aromatic heterocycles. The molecule has 0 saturated heterocycles. The number of carbonyl (C=O) groups excluding carboxylic acids is 1. The van der Waals surface area contributed by atoms with E-state index in [2.05, 4.69) is 0 Å². The van der Waals surface area contributed by atoms with Gasteiger partial charge in [-0.1, -0.05) is 34.6 Å². The van der Waals surface area contributed by atoms with E-state index in [1.807, 2.05) is 34.6 Å². The molecule has 0 heterocycles. The summed E-state index contributed by atoms with van der Waals surface area (Å²) in [5.74, 6) is 0.269. The van der Waals surface area contributed by atoms with Gasteiger partial charge in [-0.05, 0) is 12.3 Å². The third kappa shape index (κ3) is 5.89. The third-order valence-electron chi connectivity index (χ3n) is 1.61. The molecule has 1 amide bonds. The van der Waals surface area contributed by atoms with Crippen molar-refractivity contribution in [3.8, 4) is 0 Å². The van der Waals surface area contributed by atoms with Crippen LogP contribution in [0, 0.1) is 11.8 Å². The fourth-order valence-electron chi connectivity index (χ4n) is 1.00. The van der Waals surface area contributed by atoms with E-state index in [1.165, 1.54) is 0 Å². The van der Waals surface area contributed by atoms with Crippen molar-refractivity contribution in [2.24, 2.45) is 17.6 Å². The average molecular weight is 159 g/mol. The molecule has 0 spiro atoms. The monoisotopic (exact) mass is 159 g/mol. The lowest BCUT2D eigenvalue weighted by molar-refractivity contribution is -0.123. The number of rotatable bonds is 3. The zero-order chi connectivity index (χ0) is 9.44. The lowest BCUT2D eigenvalue weighted by atomic mass is 9.93. The molecule has 0 aliphatic carbocycles. The van der Waals surface area contributed by atoms with Gasteiger partial charge >= 0.3 is 0 Å². The van der Waals surface area contributed by atoms with E-state index in [0.717, 1.165) is 6.42 Å². The van der Waals surface area contributed by atoms with Crippen molar-refractivity contribution in [1.82, 2.24) is 0 Å². The molecule has 0 saturated carbocycles. The van der Waals surface area contributed by atoms with Gasteiger partial charge in [-0.15, -0.1) is 0 Å². The number of primary amides is 1. The van der Waals surface area contributed by atoms with Crippen molar-refractivity contribution >= 4 is 5.91 Å². The molecule has 1 atom stereocenters. The number of hydrogen-bond donors (Lipinski definition) is 1. The van der Waals surface area contributed by atoms with Crippen molar-refractivity contribution in [2.45, 2.75) is 41.0 Å². The Kier molecular flexibility index (Phi) is 9.01. The van der Waals surface area contributed by atoms with Crippen LogP contribution in [0.1, 0.15) is 41.0 Å². The topological polar surface area (TPSA) is 43.1 Å². The van der Waals surface area contributed by atoms with Gasteiger partial charge in [-0.25, -0.2) is 0 Å². The predicted octanol–water partition coefficient (Wildman–Crippen LogP) is 2.18. The lowest BCUT2D eigenvalue weighted by Crippen LogP contribution is -2.26. The van der Waals surface area contributed by atoms with Crippen LogP contribution < -0.4 is 5.73 Å². The largest absolute Gasteiger partial charge is 0.369 e. The highest BCUT2D eigenvalue weighted by atomic mass is 16.1. The second kappa shape index (κ2) is 7.58. The summed E-state index contributed by atoms with van der Waals surface area (Å²) in [7, 11) is 0. The lowest BCUT2D eigenvalue weighted by Gasteiger charge is -2.13. The summed E-state index contributed by atoms with van der Waals surface area (Å²) >= 11 is 0. The SMILES string of the molecule is CC.CCC(C(N)=O)C(C)C. The highest BCUT2D eigenvalue weighted by Gasteiger charge is 2.15. The van der Waals surface area contributed by atoms with Crippen molar-refractivity contribution < 1.29 is 4.79 Å². The first kappa shape index (κ1) is 13.1.